The van der Waals surface area contributed by atoms with Gasteiger partial charge < -0.3 is 14.7 Å². The Morgan fingerprint density at radius 2 is 0.667 bits per heavy atom. The van der Waals surface area contributed by atoms with E-state index < -0.39 is 15.1 Å². The van der Waals surface area contributed by atoms with Crippen LogP contribution in [0.25, 0.3) is 0 Å². The van der Waals surface area contributed by atoms with Gasteiger partial charge in [0, 0.05) is 0 Å². The maximum absolute atomic E-state index is 8.77. The number of hydrogen-bond acceptors (Lipinski definition) is 2. The van der Waals surface area contributed by atoms with Crippen LogP contribution in [0, 0.1) is 0 Å². The molecule has 0 atom stereocenters. The number of hydrogen-bond donors (Lipinski definition) is 2. The number of phosphoric acid groups is 1. The van der Waals surface area contributed by atoms with Crippen molar-refractivity contribution in [1.29, 1.82) is 0 Å². The summed E-state index contributed by atoms with van der Waals surface area (Å²) in [7, 11) is -6.79. The Morgan fingerprint density at radius 1 is 0.500 bits per heavy atom. The second-order valence-corrected chi connectivity index (χ2v) is 10.9. The van der Waals surface area contributed by atoms with E-state index in [4.69, 9.17) is 19.2 Å². The Hall–Kier alpha value is -2.58. The van der Waals surface area contributed by atoms with Crippen molar-refractivity contribution in [3.63, 3.8) is 0 Å². The zero-order valence-electron chi connectivity index (χ0n) is 16.2. The van der Waals surface area contributed by atoms with Crippen molar-refractivity contribution in [2.24, 2.45) is 0 Å². The summed E-state index contributed by atoms with van der Waals surface area (Å²) in [4.78, 5) is 22.9. The molecule has 30 heavy (non-hydrogen) atoms. The number of rotatable bonds is 4. The molecule has 0 aliphatic heterocycles. The molecular formula is C24H22O4P2. The maximum atomic E-state index is 8.77. The van der Waals surface area contributed by atoms with E-state index in [1.807, 2.05) is 0 Å². The topological polar surface area (TPSA) is 80.6 Å². The van der Waals surface area contributed by atoms with E-state index in [0.29, 0.717) is 0 Å². The van der Waals surface area contributed by atoms with E-state index in [1.165, 1.54) is 21.2 Å². The fourth-order valence-electron chi connectivity index (χ4n) is 3.50. The summed E-state index contributed by atoms with van der Waals surface area (Å²) in [6.07, 6.45) is 0. The molecule has 4 aromatic carbocycles. The molecule has 0 saturated carbocycles. The zero-order valence-corrected chi connectivity index (χ0v) is 17.9. The third-order valence-electron chi connectivity index (χ3n) is 4.57. The Kier molecular flexibility index (Phi) is 7.33. The highest BCUT2D eigenvalue weighted by molar-refractivity contribution is 8.01. The lowest BCUT2D eigenvalue weighted by atomic mass is 10.3. The minimum Gasteiger partial charge on any atom is -0.756 e. The smallest absolute Gasteiger partial charge is 0.262 e. The average molecular weight is 436 g/mol. The minimum absolute atomic E-state index is 1.39. The molecule has 0 amide bonds. The van der Waals surface area contributed by atoms with Crippen molar-refractivity contribution in [2.75, 3.05) is 0 Å². The first-order valence-corrected chi connectivity index (χ1v) is 12.6. The van der Waals surface area contributed by atoms with Gasteiger partial charge in [-0.2, -0.15) is 0 Å². The van der Waals surface area contributed by atoms with E-state index in [9.17, 15) is 0 Å². The van der Waals surface area contributed by atoms with Crippen LogP contribution in [0.3, 0.4) is 0 Å². The zero-order chi connectivity index (χ0) is 21.5. The predicted molar refractivity (Wildman–Crippen MR) is 123 cm³/mol. The van der Waals surface area contributed by atoms with Gasteiger partial charge in [0.1, 0.15) is 28.5 Å². The molecular weight excluding hydrogens is 414 g/mol. The molecule has 152 valence electrons. The molecule has 6 heteroatoms. The Bertz CT molecular complexity index is 911. The first kappa shape index (κ1) is 22.1. The summed E-state index contributed by atoms with van der Waals surface area (Å²) in [5.74, 6) is 0. The molecule has 0 radical (unpaired) electrons. The van der Waals surface area contributed by atoms with E-state index in [0.717, 1.165) is 0 Å². The van der Waals surface area contributed by atoms with Crippen LogP contribution in [-0.4, -0.2) is 9.79 Å². The SMILES string of the molecule is O=P([O-])(O)O.c1ccc([P+](c2ccccc2)(c2ccccc2)c2ccccc2)cc1. The van der Waals surface area contributed by atoms with E-state index >= 15 is 0 Å². The first-order chi connectivity index (χ1) is 14.4. The monoisotopic (exact) mass is 436 g/mol. The van der Waals surface area contributed by atoms with Gasteiger partial charge in [-0.25, -0.2) is 0 Å². The quantitative estimate of drug-likeness (QED) is 0.482. The lowest BCUT2D eigenvalue weighted by Crippen LogP contribution is -2.38. The van der Waals surface area contributed by atoms with E-state index in [1.54, 1.807) is 0 Å². The lowest BCUT2D eigenvalue weighted by molar-refractivity contribution is -0.214. The third kappa shape index (κ3) is 5.31. The fraction of sp³-hybridized carbons (Fsp3) is 0. The summed E-state index contributed by atoms with van der Waals surface area (Å²) in [6, 6.07) is 43.8. The van der Waals surface area contributed by atoms with Crippen molar-refractivity contribution in [3.8, 4) is 0 Å². The summed E-state index contributed by atoms with van der Waals surface area (Å²) in [5.41, 5.74) is 0. The molecule has 0 bridgehead atoms. The van der Waals surface area contributed by atoms with Crippen molar-refractivity contribution >= 4 is 36.3 Å². The molecule has 0 saturated heterocycles. The van der Waals surface area contributed by atoms with Crippen LogP contribution in [0.15, 0.2) is 121 Å². The highest BCUT2D eigenvalue weighted by Gasteiger charge is 2.47. The predicted octanol–water partition coefficient (Wildman–Crippen LogP) is 2.75. The van der Waals surface area contributed by atoms with Gasteiger partial charge in [-0.3, -0.25) is 4.57 Å². The van der Waals surface area contributed by atoms with Crippen LogP contribution in [0.5, 0.6) is 0 Å². The van der Waals surface area contributed by atoms with E-state index in [-0.39, 0.29) is 0 Å². The van der Waals surface area contributed by atoms with Crippen LogP contribution in [0.1, 0.15) is 0 Å². The normalized spacial score (nSPS) is 11.3. The number of benzene rings is 4. The summed E-state index contributed by atoms with van der Waals surface area (Å²) in [5, 5.41) is 5.55. The molecule has 4 aromatic rings. The van der Waals surface area contributed by atoms with Crippen molar-refractivity contribution in [1.82, 2.24) is 0 Å². The average Bonchev–Trinajstić information content (AvgIpc) is 2.76. The third-order valence-corrected chi connectivity index (χ3v) is 8.86. The second kappa shape index (κ2) is 9.95. The highest BCUT2D eigenvalue weighted by Crippen LogP contribution is 2.53. The Morgan fingerprint density at radius 3 is 0.833 bits per heavy atom. The van der Waals surface area contributed by atoms with Gasteiger partial charge in [-0.15, -0.1) is 0 Å². The van der Waals surface area contributed by atoms with Crippen molar-refractivity contribution < 1.29 is 19.2 Å². The minimum atomic E-state index is -4.89. The van der Waals surface area contributed by atoms with Crippen LogP contribution in [0.2, 0.25) is 0 Å². The van der Waals surface area contributed by atoms with Gasteiger partial charge >= 0.3 is 0 Å². The van der Waals surface area contributed by atoms with Gasteiger partial charge in [0.15, 0.2) is 0 Å². The van der Waals surface area contributed by atoms with Crippen LogP contribution in [0.4, 0.5) is 0 Å². The molecule has 0 aromatic heterocycles. The van der Waals surface area contributed by atoms with Gasteiger partial charge in [-0.1, -0.05) is 72.8 Å². The van der Waals surface area contributed by atoms with Gasteiger partial charge in [0.25, 0.3) is 7.82 Å². The molecule has 0 fully saturated rings. The van der Waals surface area contributed by atoms with Crippen LogP contribution >= 0.6 is 15.1 Å². The summed E-state index contributed by atoms with van der Waals surface area (Å²) in [6.45, 7) is 0. The Balaban J connectivity index is 0.000000461. The lowest BCUT2D eigenvalue weighted by Gasteiger charge is -2.27. The van der Waals surface area contributed by atoms with E-state index in [2.05, 4.69) is 121 Å². The molecule has 0 heterocycles. The second-order valence-electron chi connectivity index (χ2n) is 6.50. The van der Waals surface area contributed by atoms with Crippen LogP contribution in [-0.2, 0) is 4.57 Å². The highest BCUT2D eigenvalue weighted by atomic mass is 31.2. The molecule has 0 unspecified atom stereocenters. The Labute approximate surface area is 177 Å². The molecule has 0 aliphatic rings. The molecule has 4 nitrogen and oxygen atoms in total. The van der Waals surface area contributed by atoms with Crippen molar-refractivity contribution in [3.05, 3.63) is 121 Å². The molecule has 2 N–H and O–H groups in total. The molecule has 0 spiro atoms. The standard InChI is InChI=1S/C24H20P.H3O4P/c1-5-13-21(14-6-1)25(22-15-7-2-8-16-22,23-17-9-3-10-18-23)24-19-11-4-12-20-24;1-5(2,3)4/h1-20H;(H3,1,2,3,4)/q+1;/p-1. The molecule has 4 rings (SSSR count). The van der Waals surface area contributed by atoms with Gasteiger partial charge in [0.2, 0.25) is 0 Å². The summed E-state index contributed by atoms with van der Waals surface area (Å²) < 4.78 is 8.77. The van der Waals surface area contributed by atoms with Gasteiger partial charge in [-0.05, 0) is 48.5 Å². The van der Waals surface area contributed by atoms with Crippen molar-refractivity contribution in [2.45, 2.75) is 0 Å². The fourth-order valence-corrected chi connectivity index (χ4v) is 7.77. The maximum Gasteiger partial charge on any atom is 0.262 e. The van der Waals surface area contributed by atoms with Crippen LogP contribution < -0.4 is 26.1 Å². The first-order valence-electron chi connectivity index (χ1n) is 9.30. The largest absolute Gasteiger partial charge is 0.756 e. The van der Waals surface area contributed by atoms with Gasteiger partial charge in [0.05, 0.1) is 0 Å². The summed E-state index contributed by atoms with van der Waals surface area (Å²) >= 11 is 0. The molecule has 0 aliphatic carbocycles.